The SMILES string of the molecule is Cc1ccnn1[C@@H]1CC(=O)N(N(C)C)C1=O. The van der Waals surface area contributed by atoms with Gasteiger partial charge in [-0.05, 0) is 13.0 Å². The summed E-state index contributed by atoms with van der Waals surface area (Å²) in [6.45, 7) is 1.86. The fourth-order valence-electron chi connectivity index (χ4n) is 1.92. The molecule has 1 aromatic rings. The number of carbonyl (C=O) groups is 2. The van der Waals surface area contributed by atoms with Crippen molar-refractivity contribution < 1.29 is 9.59 Å². The Kier molecular flexibility index (Phi) is 2.51. The molecule has 2 amide bonds. The van der Waals surface area contributed by atoms with Crippen LogP contribution in [0.15, 0.2) is 12.3 Å². The summed E-state index contributed by atoms with van der Waals surface area (Å²) in [4.78, 5) is 23.7. The van der Waals surface area contributed by atoms with Crippen molar-refractivity contribution >= 4 is 11.8 Å². The maximum Gasteiger partial charge on any atom is 0.269 e. The molecule has 0 aromatic carbocycles. The van der Waals surface area contributed by atoms with Crippen LogP contribution in [-0.4, -0.2) is 45.7 Å². The number of carbonyl (C=O) groups excluding carboxylic acids is 2. The van der Waals surface area contributed by atoms with E-state index in [1.165, 1.54) is 5.01 Å². The first-order valence-corrected chi connectivity index (χ1v) is 5.06. The first-order chi connectivity index (χ1) is 7.52. The van der Waals surface area contributed by atoms with Crippen LogP contribution in [-0.2, 0) is 9.59 Å². The highest BCUT2D eigenvalue weighted by molar-refractivity contribution is 6.03. The van der Waals surface area contributed by atoms with Gasteiger partial charge in [0.25, 0.3) is 5.91 Å². The third kappa shape index (κ3) is 1.51. The zero-order chi connectivity index (χ0) is 11.9. The van der Waals surface area contributed by atoms with E-state index >= 15 is 0 Å². The van der Waals surface area contributed by atoms with Gasteiger partial charge in [0.1, 0.15) is 6.04 Å². The lowest BCUT2D eigenvalue weighted by Crippen LogP contribution is -2.42. The molecule has 1 atom stereocenters. The second-order valence-corrected chi connectivity index (χ2v) is 4.03. The molecule has 1 saturated heterocycles. The molecule has 1 aromatic heterocycles. The zero-order valence-corrected chi connectivity index (χ0v) is 9.54. The molecule has 0 N–H and O–H groups in total. The second-order valence-electron chi connectivity index (χ2n) is 4.03. The van der Waals surface area contributed by atoms with Gasteiger partial charge in [0, 0.05) is 26.0 Å². The fourth-order valence-corrected chi connectivity index (χ4v) is 1.92. The Hall–Kier alpha value is -1.69. The monoisotopic (exact) mass is 222 g/mol. The Morgan fingerprint density at radius 3 is 2.56 bits per heavy atom. The van der Waals surface area contributed by atoms with E-state index in [9.17, 15) is 9.59 Å². The number of rotatable bonds is 2. The van der Waals surface area contributed by atoms with Crippen LogP contribution in [0.3, 0.4) is 0 Å². The van der Waals surface area contributed by atoms with Gasteiger partial charge in [-0.25, -0.2) is 10.0 Å². The van der Waals surface area contributed by atoms with Crippen molar-refractivity contribution in [1.82, 2.24) is 19.8 Å². The summed E-state index contributed by atoms with van der Waals surface area (Å²) in [5.41, 5.74) is 0.881. The maximum atomic E-state index is 12.0. The lowest BCUT2D eigenvalue weighted by atomic mass is 10.2. The van der Waals surface area contributed by atoms with E-state index < -0.39 is 6.04 Å². The Morgan fingerprint density at radius 2 is 2.12 bits per heavy atom. The van der Waals surface area contributed by atoms with Crippen LogP contribution in [0, 0.1) is 6.92 Å². The largest absolute Gasteiger partial charge is 0.273 e. The molecule has 1 fully saturated rings. The Labute approximate surface area is 93.4 Å². The zero-order valence-electron chi connectivity index (χ0n) is 9.54. The molecule has 6 heteroatoms. The third-order valence-corrected chi connectivity index (χ3v) is 2.66. The number of amides is 2. The van der Waals surface area contributed by atoms with Gasteiger partial charge in [-0.3, -0.25) is 14.3 Å². The van der Waals surface area contributed by atoms with E-state index in [-0.39, 0.29) is 18.2 Å². The first kappa shape index (κ1) is 10.8. The van der Waals surface area contributed by atoms with Crippen molar-refractivity contribution in [3.8, 4) is 0 Å². The predicted molar refractivity (Wildman–Crippen MR) is 56.2 cm³/mol. The molecular weight excluding hydrogens is 208 g/mol. The molecule has 0 saturated carbocycles. The first-order valence-electron chi connectivity index (χ1n) is 5.06. The van der Waals surface area contributed by atoms with Crippen molar-refractivity contribution in [2.24, 2.45) is 0 Å². The van der Waals surface area contributed by atoms with Crippen LogP contribution in [0.5, 0.6) is 0 Å². The summed E-state index contributed by atoms with van der Waals surface area (Å²) < 4.78 is 1.60. The number of aryl methyl sites for hydroxylation is 1. The topological polar surface area (TPSA) is 58.4 Å². The smallest absolute Gasteiger partial charge is 0.269 e. The number of nitrogens with zero attached hydrogens (tertiary/aromatic N) is 4. The molecule has 2 heterocycles. The number of imide groups is 1. The van der Waals surface area contributed by atoms with E-state index in [0.717, 1.165) is 10.7 Å². The molecule has 0 bridgehead atoms. The maximum absolute atomic E-state index is 12.0. The van der Waals surface area contributed by atoms with Crippen molar-refractivity contribution in [3.63, 3.8) is 0 Å². The van der Waals surface area contributed by atoms with Crippen LogP contribution in [0.2, 0.25) is 0 Å². The third-order valence-electron chi connectivity index (χ3n) is 2.66. The summed E-state index contributed by atoms with van der Waals surface area (Å²) in [5.74, 6) is -0.406. The van der Waals surface area contributed by atoms with E-state index in [0.29, 0.717) is 0 Å². The lowest BCUT2D eigenvalue weighted by molar-refractivity contribution is -0.153. The van der Waals surface area contributed by atoms with Gasteiger partial charge in [-0.15, -0.1) is 0 Å². The lowest BCUT2D eigenvalue weighted by Gasteiger charge is -2.21. The Morgan fingerprint density at radius 1 is 1.44 bits per heavy atom. The summed E-state index contributed by atoms with van der Waals surface area (Å²) in [6, 6.07) is 1.32. The summed E-state index contributed by atoms with van der Waals surface area (Å²) in [7, 11) is 3.35. The molecule has 0 spiro atoms. The van der Waals surface area contributed by atoms with E-state index in [2.05, 4.69) is 5.10 Å². The van der Waals surface area contributed by atoms with Gasteiger partial charge in [0.15, 0.2) is 0 Å². The second kappa shape index (κ2) is 3.71. The van der Waals surface area contributed by atoms with Gasteiger partial charge in [0.05, 0.1) is 6.42 Å². The molecule has 1 aliphatic rings. The van der Waals surface area contributed by atoms with E-state index in [4.69, 9.17) is 0 Å². The molecule has 1 aliphatic heterocycles. The summed E-state index contributed by atoms with van der Waals surface area (Å²) >= 11 is 0. The highest BCUT2D eigenvalue weighted by Crippen LogP contribution is 2.25. The minimum absolute atomic E-state index is 0.180. The Balaban J connectivity index is 2.31. The van der Waals surface area contributed by atoms with Crippen molar-refractivity contribution in [2.45, 2.75) is 19.4 Å². The van der Waals surface area contributed by atoms with Crippen LogP contribution in [0.4, 0.5) is 0 Å². The molecule has 16 heavy (non-hydrogen) atoms. The fraction of sp³-hybridized carbons (Fsp3) is 0.500. The van der Waals surface area contributed by atoms with Crippen molar-refractivity contribution in [3.05, 3.63) is 18.0 Å². The number of hydrogen-bond donors (Lipinski definition) is 0. The van der Waals surface area contributed by atoms with Gasteiger partial charge in [-0.1, -0.05) is 0 Å². The predicted octanol–water partition coefficient (Wildman–Crippen LogP) is -0.0319. The Bertz CT molecular complexity index is 438. The molecule has 6 nitrogen and oxygen atoms in total. The molecule has 0 radical (unpaired) electrons. The normalized spacial score (nSPS) is 21.2. The van der Waals surface area contributed by atoms with Gasteiger partial charge < -0.3 is 0 Å². The van der Waals surface area contributed by atoms with Crippen LogP contribution < -0.4 is 0 Å². The van der Waals surface area contributed by atoms with Crippen LogP contribution >= 0.6 is 0 Å². The molecule has 2 rings (SSSR count). The van der Waals surface area contributed by atoms with Crippen LogP contribution in [0.1, 0.15) is 18.2 Å². The van der Waals surface area contributed by atoms with Gasteiger partial charge >= 0.3 is 0 Å². The minimum atomic E-state index is -0.495. The highest BCUT2D eigenvalue weighted by atomic mass is 16.2. The highest BCUT2D eigenvalue weighted by Gasteiger charge is 2.41. The van der Waals surface area contributed by atoms with E-state index in [1.807, 2.05) is 13.0 Å². The average molecular weight is 222 g/mol. The quantitative estimate of drug-likeness (QED) is 0.659. The number of aromatic nitrogens is 2. The van der Waals surface area contributed by atoms with E-state index in [1.54, 1.807) is 25.0 Å². The molecule has 86 valence electrons. The molecule has 0 unspecified atom stereocenters. The minimum Gasteiger partial charge on any atom is -0.273 e. The summed E-state index contributed by atoms with van der Waals surface area (Å²) in [5, 5.41) is 6.74. The molecular formula is C10H14N4O2. The van der Waals surface area contributed by atoms with Crippen LogP contribution in [0.25, 0.3) is 0 Å². The number of hydrazine groups is 1. The van der Waals surface area contributed by atoms with Gasteiger partial charge in [-0.2, -0.15) is 5.10 Å². The van der Waals surface area contributed by atoms with Gasteiger partial charge in [0.2, 0.25) is 5.91 Å². The number of hydrogen-bond acceptors (Lipinski definition) is 4. The van der Waals surface area contributed by atoms with Crippen molar-refractivity contribution in [1.29, 1.82) is 0 Å². The average Bonchev–Trinajstić information content (AvgIpc) is 2.70. The van der Waals surface area contributed by atoms with Crippen molar-refractivity contribution in [2.75, 3.05) is 14.1 Å². The standard InChI is InChI=1S/C10H14N4O2/c1-7-4-5-11-13(7)8-6-9(15)14(10(8)16)12(2)3/h4-5,8H,6H2,1-3H3/t8-/m1/s1. The summed E-state index contributed by atoms with van der Waals surface area (Å²) in [6.07, 6.45) is 1.81. The molecule has 0 aliphatic carbocycles.